The van der Waals surface area contributed by atoms with E-state index in [2.05, 4.69) is 10.6 Å². The van der Waals surface area contributed by atoms with E-state index < -0.39 is 11.6 Å². The van der Waals surface area contributed by atoms with Crippen molar-refractivity contribution in [2.75, 3.05) is 0 Å². The molecule has 0 aliphatic carbocycles. The molecule has 3 amide bonds. The largest absolute Gasteiger partial charge is 0.324 e. The van der Waals surface area contributed by atoms with Crippen molar-refractivity contribution < 1.29 is 14.4 Å². The lowest BCUT2D eigenvalue weighted by Gasteiger charge is -2.22. The molecule has 1 aliphatic heterocycles. The molecule has 1 aliphatic rings. The van der Waals surface area contributed by atoms with Crippen molar-refractivity contribution in [1.82, 2.24) is 10.6 Å². The van der Waals surface area contributed by atoms with E-state index in [1.54, 1.807) is 13.8 Å². The summed E-state index contributed by atoms with van der Waals surface area (Å²) < 4.78 is 0. The molecular formula is C9H14N2O3. The number of hydrogen-bond donors (Lipinski definition) is 2. The highest BCUT2D eigenvalue weighted by molar-refractivity contribution is 6.06. The number of Topliss-reactive ketones (excluding diaryl/α,β-unsaturated/α-hetero) is 1. The Morgan fingerprint density at radius 3 is 2.43 bits per heavy atom. The van der Waals surface area contributed by atoms with Gasteiger partial charge in [0.25, 0.3) is 5.91 Å². The van der Waals surface area contributed by atoms with Gasteiger partial charge in [-0.25, -0.2) is 4.79 Å². The maximum absolute atomic E-state index is 11.4. The van der Waals surface area contributed by atoms with E-state index in [0.717, 1.165) is 0 Å². The normalized spacial score (nSPS) is 28.2. The zero-order chi connectivity index (χ0) is 10.9. The van der Waals surface area contributed by atoms with Crippen LogP contribution in [-0.4, -0.2) is 23.3 Å². The van der Waals surface area contributed by atoms with E-state index in [4.69, 9.17) is 0 Å². The first kappa shape index (κ1) is 10.7. The fourth-order valence-electron chi connectivity index (χ4n) is 1.48. The smallest absolute Gasteiger partial charge is 0.322 e. The molecule has 0 saturated carbocycles. The average molecular weight is 198 g/mol. The van der Waals surface area contributed by atoms with E-state index in [1.165, 1.54) is 6.92 Å². The molecule has 0 aromatic carbocycles. The summed E-state index contributed by atoms with van der Waals surface area (Å²) in [6.45, 7) is 4.83. The molecule has 1 saturated heterocycles. The predicted molar refractivity (Wildman–Crippen MR) is 49.5 cm³/mol. The standard InChI is InChI=1S/C9H14N2O3/c1-5(6(2)12)4-9(3)7(13)10-8(14)11-9/h5H,4H2,1-3H3,(H2,10,11,13,14)/t5?,9-/m1/s1. The van der Waals surface area contributed by atoms with Crippen molar-refractivity contribution in [3.63, 3.8) is 0 Å². The second-order valence-electron chi connectivity index (χ2n) is 3.96. The summed E-state index contributed by atoms with van der Waals surface area (Å²) in [5.74, 6) is -0.583. The van der Waals surface area contributed by atoms with Gasteiger partial charge in [-0.3, -0.25) is 14.9 Å². The number of rotatable bonds is 3. The lowest BCUT2D eigenvalue weighted by atomic mass is 9.88. The van der Waals surface area contributed by atoms with Gasteiger partial charge in [0.05, 0.1) is 0 Å². The molecule has 5 heteroatoms. The Balaban J connectivity index is 2.72. The molecule has 5 nitrogen and oxygen atoms in total. The number of imide groups is 1. The van der Waals surface area contributed by atoms with Gasteiger partial charge in [-0.1, -0.05) is 6.92 Å². The van der Waals surface area contributed by atoms with Crippen LogP contribution >= 0.6 is 0 Å². The number of ketones is 1. The average Bonchev–Trinajstić information content (AvgIpc) is 2.25. The van der Waals surface area contributed by atoms with Crippen molar-refractivity contribution in [3.8, 4) is 0 Å². The molecule has 2 N–H and O–H groups in total. The monoisotopic (exact) mass is 198 g/mol. The van der Waals surface area contributed by atoms with Crippen LogP contribution in [0.25, 0.3) is 0 Å². The van der Waals surface area contributed by atoms with Gasteiger partial charge >= 0.3 is 6.03 Å². The Morgan fingerprint density at radius 1 is 1.50 bits per heavy atom. The van der Waals surface area contributed by atoms with E-state index >= 15 is 0 Å². The zero-order valence-electron chi connectivity index (χ0n) is 8.51. The Morgan fingerprint density at radius 2 is 2.07 bits per heavy atom. The Hall–Kier alpha value is -1.39. The lowest BCUT2D eigenvalue weighted by molar-refractivity contribution is -0.125. The summed E-state index contributed by atoms with van der Waals surface area (Å²) in [5, 5.41) is 4.67. The van der Waals surface area contributed by atoms with Gasteiger partial charge in [0.2, 0.25) is 0 Å². The van der Waals surface area contributed by atoms with Gasteiger partial charge in [-0.05, 0) is 20.3 Å². The SMILES string of the molecule is CC(=O)C(C)C[C@@]1(C)NC(=O)NC1=O. The summed E-state index contributed by atoms with van der Waals surface area (Å²) in [6, 6.07) is -0.492. The molecule has 0 aromatic rings. The van der Waals surface area contributed by atoms with Gasteiger partial charge in [-0.2, -0.15) is 0 Å². The number of nitrogens with one attached hydrogen (secondary N) is 2. The van der Waals surface area contributed by atoms with Crippen LogP contribution < -0.4 is 10.6 Å². The molecule has 14 heavy (non-hydrogen) atoms. The first-order valence-corrected chi connectivity index (χ1v) is 4.49. The second-order valence-corrected chi connectivity index (χ2v) is 3.96. The fraction of sp³-hybridized carbons (Fsp3) is 0.667. The Bertz CT molecular complexity index is 300. The van der Waals surface area contributed by atoms with E-state index in [-0.39, 0.29) is 17.6 Å². The first-order valence-electron chi connectivity index (χ1n) is 4.49. The third-order valence-corrected chi connectivity index (χ3v) is 2.53. The predicted octanol–water partition coefficient (Wildman–Crippen LogP) is 0.200. The minimum absolute atomic E-state index is 0.0140. The Kier molecular flexibility index (Phi) is 2.59. The highest BCUT2D eigenvalue weighted by Gasteiger charge is 2.43. The van der Waals surface area contributed by atoms with Crippen molar-refractivity contribution in [3.05, 3.63) is 0 Å². The third-order valence-electron chi connectivity index (χ3n) is 2.53. The molecule has 78 valence electrons. The lowest BCUT2D eigenvalue weighted by Crippen LogP contribution is -2.45. The molecular weight excluding hydrogens is 184 g/mol. The highest BCUT2D eigenvalue weighted by atomic mass is 16.2. The maximum Gasteiger partial charge on any atom is 0.322 e. The van der Waals surface area contributed by atoms with Crippen LogP contribution in [0.2, 0.25) is 0 Å². The zero-order valence-corrected chi connectivity index (χ0v) is 8.51. The molecule has 1 unspecified atom stereocenters. The maximum atomic E-state index is 11.4. The number of urea groups is 1. The van der Waals surface area contributed by atoms with Gasteiger partial charge in [0.1, 0.15) is 11.3 Å². The quantitative estimate of drug-likeness (QED) is 0.636. The molecule has 0 spiro atoms. The van der Waals surface area contributed by atoms with Gasteiger partial charge < -0.3 is 5.32 Å². The van der Waals surface area contributed by atoms with Crippen LogP contribution in [0.3, 0.4) is 0 Å². The van der Waals surface area contributed by atoms with Gasteiger partial charge in [0.15, 0.2) is 0 Å². The highest BCUT2D eigenvalue weighted by Crippen LogP contribution is 2.20. The van der Waals surface area contributed by atoms with Crippen molar-refractivity contribution in [2.24, 2.45) is 5.92 Å². The molecule has 1 fully saturated rings. The van der Waals surface area contributed by atoms with Crippen LogP contribution in [-0.2, 0) is 9.59 Å². The van der Waals surface area contributed by atoms with E-state index in [0.29, 0.717) is 6.42 Å². The number of carbonyl (C=O) groups is 3. The van der Waals surface area contributed by atoms with E-state index in [1.807, 2.05) is 0 Å². The van der Waals surface area contributed by atoms with Gasteiger partial charge in [0, 0.05) is 5.92 Å². The number of carbonyl (C=O) groups excluding carboxylic acids is 3. The number of hydrogen-bond acceptors (Lipinski definition) is 3. The van der Waals surface area contributed by atoms with E-state index in [9.17, 15) is 14.4 Å². The fourth-order valence-corrected chi connectivity index (χ4v) is 1.48. The van der Waals surface area contributed by atoms with Gasteiger partial charge in [-0.15, -0.1) is 0 Å². The summed E-state index contributed by atoms with van der Waals surface area (Å²) in [4.78, 5) is 33.3. The summed E-state index contributed by atoms with van der Waals surface area (Å²) in [5.41, 5.74) is -0.942. The molecule has 0 bridgehead atoms. The molecule has 0 aromatic heterocycles. The van der Waals surface area contributed by atoms with Crippen LogP contribution in [0.5, 0.6) is 0 Å². The van der Waals surface area contributed by atoms with Crippen molar-refractivity contribution >= 4 is 17.7 Å². The molecule has 0 radical (unpaired) electrons. The van der Waals surface area contributed by atoms with Crippen LogP contribution in [0.4, 0.5) is 4.79 Å². The first-order chi connectivity index (χ1) is 6.35. The summed E-state index contributed by atoms with van der Waals surface area (Å²) >= 11 is 0. The second kappa shape index (κ2) is 3.40. The minimum Gasteiger partial charge on any atom is -0.324 e. The van der Waals surface area contributed by atoms with Crippen molar-refractivity contribution in [2.45, 2.75) is 32.7 Å². The third kappa shape index (κ3) is 1.92. The van der Waals surface area contributed by atoms with Crippen molar-refractivity contribution in [1.29, 1.82) is 0 Å². The summed E-state index contributed by atoms with van der Waals surface area (Å²) in [6.07, 6.45) is 0.333. The molecule has 1 rings (SSSR count). The topological polar surface area (TPSA) is 75.3 Å². The summed E-state index contributed by atoms with van der Waals surface area (Å²) in [7, 11) is 0. The van der Waals surface area contributed by atoms with Crippen LogP contribution in [0.1, 0.15) is 27.2 Å². The minimum atomic E-state index is -0.942. The van der Waals surface area contributed by atoms with Crippen LogP contribution in [0, 0.1) is 5.92 Å². The number of amides is 3. The molecule has 2 atom stereocenters. The Labute approximate surface area is 82.2 Å². The van der Waals surface area contributed by atoms with Crippen LogP contribution in [0.15, 0.2) is 0 Å². The molecule has 1 heterocycles.